The standard InChI is InChI=1S/C40H78I2OS/c1-37-30-26-22-18-14-10-6-5-7-11-15-19-23-27-31-39(33-32-37)40(44,36-38(2)41)34-28-24-20-16-12-8-3-4-9-13-17-21-25-29-35-43-42/h37-39,44H,3-36H2,1-2H3. The first-order chi connectivity index (χ1) is 21.5. The van der Waals surface area contributed by atoms with Gasteiger partial charge in [-0.25, -0.2) is 0 Å². The van der Waals surface area contributed by atoms with Crippen molar-refractivity contribution in [3.63, 3.8) is 0 Å². The van der Waals surface area contributed by atoms with E-state index in [0.29, 0.717) is 0 Å². The van der Waals surface area contributed by atoms with Crippen LogP contribution in [0.5, 0.6) is 0 Å². The zero-order chi connectivity index (χ0) is 32.0. The summed E-state index contributed by atoms with van der Waals surface area (Å²) in [7, 11) is 0. The maximum atomic E-state index is 5.65. The van der Waals surface area contributed by atoms with Crippen molar-refractivity contribution in [2.24, 2.45) is 11.8 Å². The van der Waals surface area contributed by atoms with Crippen molar-refractivity contribution in [2.45, 2.75) is 234 Å². The lowest BCUT2D eigenvalue weighted by molar-refractivity contribution is 0.265. The normalized spacial score (nSPS) is 22.8. The minimum absolute atomic E-state index is 0.239. The summed E-state index contributed by atoms with van der Waals surface area (Å²) in [5.74, 6) is 1.69. The number of rotatable bonds is 20. The van der Waals surface area contributed by atoms with Gasteiger partial charge in [0, 0.05) is 8.67 Å². The second-order valence-electron chi connectivity index (χ2n) is 15.2. The van der Waals surface area contributed by atoms with E-state index < -0.39 is 0 Å². The molecule has 1 aliphatic rings. The fourth-order valence-corrected chi connectivity index (χ4v) is 9.94. The Morgan fingerprint density at radius 1 is 0.568 bits per heavy atom. The lowest BCUT2D eigenvalue weighted by atomic mass is 9.76. The Hall–Kier alpha value is 1.77. The number of hydrogen-bond donors (Lipinski definition) is 1. The molecule has 0 bridgehead atoms. The van der Waals surface area contributed by atoms with Crippen molar-refractivity contribution >= 4 is 58.2 Å². The molecule has 1 saturated carbocycles. The van der Waals surface area contributed by atoms with Crippen LogP contribution in [0.25, 0.3) is 0 Å². The third-order valence-corrected chi connectivity index (χ3v) is 12.4. The minimum Gasteiger partial charge on any atom is -0.316 e. The average molecular weight is 861 g/mol. The van der Waals surface area contributed by atoms with Gasteiger partial charge in [0.05, 0.1) is 6.61 Å². The van der Waals surface area contributed by atoms with E-state index in [1.54, 1.807) is 0 Å². The van der Waals surface area contributed by atoms with Gasteiger partial charge in [-0.05, 0) is 43.9 Å². The van der Waals surface area contributed by atoms with Crippen molar-refractivity contribution in [3.8, 4) is 0 Å². The molecular weight excluding hydrogens is 782 g/mol. The smallest absolute Gasteiger partial charge is 0.109 e. The van der Waals surface area contributed by atoms with Crippen molar-refractivity contribution in [1.82, 2.24) is 0 Å². The zero-order valence-electron chi connectivity index (χ0n) is 29.9. The second kappa shape index (κ2) is 32.0. The molecule has 0 heterocycles. The zero-order valence-corrected chi connectivity index (χ0v) is 35.1. The van der Waals surface area contributed by atoms with Gasteiger partial charge in [-0.15, -0.1) is 0 Å². The monoisotopic (exact) mass is 860 g/mol. The van der Waals surface area contributed by atoms with Gasteiger partial charge >= 0.3 is 0 Å². The lowest BCUT2D eigenvalue weighted by Gasteiger charge is -2.39. The van der Waals surface area contributed by atoms with Gasteiger partial charge in [-0.1, -0.05) is 216 Å². The van der Waals surface area contributed by atoms with E-state index in [0.717, 1.165) is 22.4 Å². The summed E-state index contributed by atoms with van der Waals surface area (Å²) in [6.07, 6.45) is 47.2. The molecule has 0 amide bonds. The summed E-state index contributed by atoms with van der Waals surface area (Å²) < 4.78 is 6.08. The number of halogens is 2. The third-order valence-electron chi connectivity index (χ3n) is 10.7. The van der Waals surface area contributed by atoms with E-state index in [-0.39, 0.29) is 4.75 Å². The highest BCUT2D eigenvalue weighted by Gasteiger charge is 2.35. The Kier molecular flexibility index (Phi) is 31.9. The van der Waals surface area contributed by atoms with Crippen LogP contribution in [0.15, 0.2) is 0 Å². The summed E-state index contributed by atoms with van der Waals surface area (Å²) in [5, 5.41) is 0. The maximum absolute atomic E-state index is 5.65. The maximum Gasteiger partial charge on any atom is 0.109 e. The Bertz CT molecular complexity index is 588. The average Bonchev–Trinajstić information content (AvgIpc) is 2.99. The van der Waals surface area contributed by atoms with Gasteiger partial charge in [0.1, 0.15) is 23.0 Å². The van der Waals surface area contributed by atoms with Gasteiger partial charge in [0.25, 0.3) is 0 Å². The molecule has 0 aromatic carbocycles. The highest BCUT2D eigenvalue weighted by atomic mass is 127. The van der Waals surface area contributed by atoms with Gasteiger partial charge in [-0.2, -0.15) is 12.6 Å². The van der Waals surface area contributed by atoms with Crippen LogP contribution in [-0.4, -0.2) is 15.3 Å². The third kappa shape index (κ3) is 26.7. The molecule has 4 heteroatoms. The van der Waals surface area contributed by atoms with Crippen LogP contribution in [0.3, 0.4) is 0 Å². The molecule has 0 N–H and O–H groups in total. The molecule has 0 aliphatic heterocycles. The first-order valence-electron chi connectivity index (χ1n) is 20.1. The number of hydrogen-bond acceptors (Lipinski definition) is 2. The predicted molar refractivity (Wildman–Crippen MR) is 220 cm³/mol. The van der Waals surface area contributed by atoms with Crippen molar-refractivity contribution in [3.05, 3.63) is 0 Å². The van der Waals surface area contributed by atoms with E-state index in [1.165, 1.54) is 212 Å². The molecule has 4 unspecified atom stereocenters. The molecule has 0 spiro atoms. The summed E-state index contributed by atoms with van der Waals surface area (Å²) in [6, 6.07) is 0. The van der Waals surface area contributed by atoms with E-state index >= 15 is 0 Å². The van der Waals surface area contributed by atoms with Gasteiger partial charge in [0.15, 0.2) is 0 Å². The summed E-state index contributed by atoms with van der Waals surface area (Å²) in [6.45, 7) is 5.90. The van der Waals surface area contributed by atoms with Gasteiger partial charge < -0.3 is 3.07 Å². The first kappa shape index (κ1) is 43.8. The molecule has 4 atom stereocenters. The Labute approximate surface area is 311 Å². The number of unbranched alkanes of at least 4 members (excludes halogenated alkanes) is 13. The molecule has 0 radical (unpaired) electrons. The Morgan fingerprint density at radius 3 is 1.39 bits per heavy atom. The van der Waals surface area contributed by atoms with Crippen LogP contribution in [0.4, 0.5) is 0 Å². The van der Waals surface area contributed by atoms with E-state index in [9.17, 15) is 0 Å². The van der Waals surface area contributed by atoms with E-state index in [1.807, 2.05) is 23.0 Å². The Morgan fingerprint density at radius 2 is 0.955 bits per heavy atom. The molecule has 1 rings (SSSR count). The van der Waals surface area contributed by atoms with Crippen molar-refractivity contribution in [2.75, 3.05) is 6.61 Å². The van der Waals surface area contributed by atoms with Crippen LogP contribution >= 0.6 is 58.2 Å². The van der Waals surface area contributed by atoms with Gasteiger partial charge in [-0.3, -0.25) is 0 Å². The van der Waals surface area contributed by atoms with Crippen LogP contribution in [-0.2, 0) is 3.07 Å². The molecule has 1 nitrogen and oxygen atoms in total. The van der Waals surface area contributed by atoms with E-state index in [2.05, 4.69) is 36.4 Å². The number of thiol groups is 1. The topological polar surface area (TPSA) is 9.23 Å². The van der Waals surface area contributed by atoms with Crippen LogP contribution in [0, 0.1) is 11.8 Å². The lowest BCUT2D eigenvalue weighted by Crippen LogP contribution is -2.35. The molecule has 0 aromatic rings. The molecule has 1 fully saturated rings. The molecule has 264 valence electrons. The van der Waals surface area contributed by atoms with E-state index in [4.69, 9.17) is 15.7 Å². The summed E-state index contributed by atoms with van der Waals surface area (Å²) in [4.78, 5) is 0. The fraction of sp³-hybridized carbons (Fsp3) is 1.00. The molecule has 0 saturated heterocycles. The summed E-state index contributed by atoms with van der Waals surface area (Å²) in [5.41, 5.74) is 0. The van der Waals surface area contributed by atoms with Crippen LogP contribution < -0.4 is 0 Å². The van der Waals surface area contributed by atoms with Crippen LogP contribution in [0.2, 0.25) is 0 Å². The second-order valence-corrected chi connectivity index (χ2v) is 18.8. The van der Waals surface area contributed by atoms with Crippen molar-refractivity contribution < 1.29 is 3.07 Å². The highest BCUT2D eigenvalue weighted by Crippen LogP contribution is 2.43. The molecule has 1 aliphatic carbocycles. The minimum atomic E-state index is 0.239. The van der Waals surface area contributed by atoms with Crippen molar-refractivity contribution in [1.29, 1.82) is 0 Å². The molecular formula is C40H78I2OS. The largest absolute Gasteiger partial charge is 0.316 e. The Balaban J connectivity index is 2.40. The number of alkyl halides is 1. The SMILES string of the molecule is CC(I)CC(S)(CCCCCCCCCCCCCCCCOI)C1CCCCCCCCCCCCCCCC(C)CC1. The fourth-order valence-electron chi connectivity index (χ4n) is 7.81. The molecule has 44 heavy (non-hydrogen) atoms. The van der Waals surface area contributed by atoms with Crippen LogP contribution in [0.1, 0.15) is 226 Å². The highest BCUT2D eigenvalue weighted by molar-refractivity contribution is 14.1. The first-order valence-corrected chi connectivity index (χ1v) is 22.7. The summed E-state index contributed by atoms with van der Waals surface area (Å²) >= 11 is 10.3. The quantitative estimate of drug-likeness (QED) is 0.0555. The van der Waals surface area contributed by atoms with Gasteiger partial charge in [0.2, 0.25) is 0 Å². The molecule has 0 aromatic heterocycles. The predicted octanol–water partition coefficient (Wildman–Crippen LogP) is 16.0.